The van der Waals surface area contributed by atoms with Crippen molar-refractivity contribution in [3.05, 3.63) is 99.2 Å². The van der Waals surface area contributed by atoms with Gasteiger partial charge in [0.05, 0.1) is 4.90 Å². The number of piperidine rings is 1. The number of hydrogen-bond donors (Lipinski definition) is 0. The quantitative estimate of drug-likeness (QED) is 0.280. The summed E-state index contributed by atoms with van der Waals surface area (Å²) in [6.07, 6.45) is 1.63. The molecule has 4 aromatic rings. The van der Waals surface area contributed by atoms with Crippen molar-refractivity contribution in [2.75, 3.05) is 13.1 Å². The highest BCUT2D eigenvalue weighted by molar-refractivity contribution is 7.89. The summed E-state index contributed by atoms with van der Waals surface area (Å²) in [4.78, 5) is 0.473. The number of sulfonamides is 1. The third-order valence-corrected chi connectivity index (χ3v) is 10.0. The van der Waals surface area contributed by atoms with Crippen molar-refractivity contribution in [3.8, 4) is 0 Å². The molecule has 1 aliphatic heterocycles. The van der Waals surface area contributed by atoms with Gasteiger partial charge in [-0.05, 0) is 86.9 Å². The molecular weight excluding hydrogens is 488 g/mol. The van der Waals surface area contributed by atoms with Gasteiger partial charge in [-0.2, -0.15) is 4.31 Å². The van der Waals surface area contributed by atoms with E-state index in [1.54, 1.807) is 4.31 Å². The van der Waals surface area contributed by atoms with Gasteiger partial charge in [0, 0.05) is 41.3 Å². The Hall–Kier alpha value is -2.60. The molecular formula is C30H33ClN2O2S. The van der Waals surface area contributed by atoms with Crippen LogP contribution in [0, 0.1) is 27.7 Å². The highest BCUT2D eigenvalue weighted by atomic mass is 35.5. The SMILES string of the molecule is Cc1cc(C)c(S(=O)(=O)N2CCC(c3c(C)n(Cc4cccc(Cl)c4)c4ccccc34)CC2)c(C)c1. The number of aromatic nitrogens is 1. The Balaban J connectivity index is 1.44. The fourth-order valence-corrected chi connectivity index (χ4v) is 8.18. The second-order valence-electron chi connectivity index (χ2n) is 10.1. The van der Waals surface area contributed by atoms with Crippen molar-refractivity contribution >= 4 is 32.5 Å². The van der Waals surface area contributed by atoms with Gasteiger partial charge < -0.3 is 4.57 Å². The topological polar surface area (TPSA) is 42.3 Å². The Morgan fingerprint density at radius 3 is 2.22 bits per heavy atom. The minimum absolute atomic E-state index is 0.321. The average molecular weight is 521 g/mol. The molecule has 1 aliphatic rings. The zero-order chi connectivity index (χ0) is 25.6. The first-order valence-corrected chi connectivity index (χ1v) is 14.4. The number of halogens is 1. The number of benzene rings is 3. The predicted molar refractivity (Wildman–Crippen MR) is 149 cm³/mol. The molecule has 2 heterocycles. The lowest BCUT2D eigenvalue weighted by molar-refractivity contribution is 0.319. The molecule has 1 saturated heterocycles. The molecule has 0 saturated carbocycles. The molecule has 0 unspecified atom stereocenters. The number of nitrogens with zero attached hydrogens (tertiary/aromatic N) is 2. The minimum Gasteiger partial charge on any atom is -0.340 e. The highest BCUT2D eigenvalue weighted by Crippen LogP contribution is 2.39. The lowest BCUT2D eigenvalue weighted by Crippen LogP contribution is -2.38. The van der Waals surface area contributed by atoms with Crippen LogP contribution in [0.1, 0.15) is 52.3 Å². The van der Waals surface area contributed by atoms with Crippen LogP contribution in [0.5, 0.6) is 0 Å². The van der Waals surface area contributed by atoms with Crippen LogP contribution in [0.3, 0.4) is 0 Å². The van der Waals surface area contributed by atoms with Crippen LogP contribution in [0.25, 0.3) is 10.9 Å². The first-order valence-electron chi connectivity index (χ1n) is 12.6. The molecule has 3 aromatic carbocycles. The van der Waals surface area contributed by atoms with Gasteiger partial charge in [-0.25, -0.2) is 8.42 Å². The molecule has 1 fully saturated rings. The third kappa shape index (κ3) is 4.49. The Morgan fingerprint density at radius 2 is 1.56 bits per heavy atom. The van der Waals surface area contributed by atoms with E-state index in [2.05, 4.69) is 41.8 Å². The van der Waals surface area contributed by atoms with E-state index in [0.717, 1.165) is 41.1 Å². The van der Waals surface area contributed by atoms with Crippen molar-refractivity contribution in [1.29, 1.82) is 0 Å². The summed E-state index contributed by atoms with van der Waals surface area (Å²) in [5.41, 5.74) is 7.74. The monoisotopic (exact) mass is 520 g/mol. The number of fused-ring (bicyclic) bond motifs is 1. The molecule has 0 N–H and O–H groups in total. The van der Waals surface area contributed by atoms with Gasteiger partial charge in [-0.1, -0.05) is 59.6 Å². The fraction of sp³-hybridized carbons (Fsp3) is 0.333. The molecule has 0 amide bonds. The number of rotatable bonds is 5. The van der Waals surface area contributed by atoms with E-state index in [0.29, 0.717) is 23.9 Å². The number of para-hydroxylation sites is 1. The summed E-state index contributed by atoms with van der Waals surface area (Å²) in [6, 6.07) is 20.5. The summed E-state index contributed by atoms with van der Waals surface area (Å²) < 4.78 is 31.3. The van der Waals surface area contributed by atoms with Crippen LogP contribution in [0.2, 0.25) is 5.02 Å². The van der Waals surface area contributed by atoms with Crippen molar-refractivity contribution in [2.24, 2.45) is 0 Å². The zero-order valence-corrected chi connectivity index (χ0v) is 23.0. The summed E-state index contributed by atoms with van der Waals surface area (Å²) in [5.74, 6) is 0.321. The summed E-state index contributed by atoms with van der Waals surface area (Å²) in [5, 5.41) is 2.01. The van der Waals surface area contributed by atoms with Crippen molar-refractivity contribution < 1.29 is 8.42 Å². The molecule has 0 radical (unpaired) electrons. The van der Waals surface area contributed by atoms with Gasteiger partial charge in [-0.3, -0.25) is 0 Å². The zero-order valence-electron chi connectivity index (χ0n) is 21.4. The predicted octanol–water partition coefficient (Wildman–Crippen LogP) is 7.14. The maximum atomic E-state index is 13.6. The molecule has 36 heavy (non-hydrogen) atoms. The maximum Gasteiger partial charge on any atom is 0.243 e. The van der Waals surface area contributed by atoms with Crippen LogP contribution in [0.4, 0.5) is 0 Å². The van der Waals surface area contributed by atoms with Gasteiger partial charge >= 0.3 is 0 Å². The van der Waals surface area contributed by atoms with Crippen molar-refractivity contribution in [3.63, 3.8) is 0 Å². The van der Waals surface area contributed by atoms with Gasteiger partial charge in [-0.15, -0.1) is 0 Å². The summed E-state index contributed by atoms with van der Waals surface area (Å²) in [6.45, 7) is 9.83. The van der Waals surface area contributed by atoms with E-state index in [4.69, 9.17) is 11.6 Å². The van der Waals surface area contributed by atoms with Crippen LogP contribution in [-0.2, 0) is 16.6 Å². The molecule has 0 bridgehead atoms. The molecule has 0 spiro atoms. The van der Waals surface area contributed by atoms with Crippen molar-refractivity contribution in [1.82, 2.24) is 8.87 Å². The first-order chi connectivity index (χ1) is 17.2. The smallest absolute Gasteiger partial charge is 0.243 e. The highest BCUT2D eigenvalue weighted by Gasteiger charge is 2.33. The minimum atomic E-state index is -3.52. The third-order valence-electron chi connectivity index (χ3n) is 7.57. The summed E-state index contributed by atoms with van der Waals surface area (Å²) >= 11 is 6.25. The van der Waals surface area contributed by atoms with E-state index in [-0.39, 0.29) is 0 Å². The van der Waals surface area contributed by atoms with Crippen molar-refractivity contribution in [2.45, 2.75) is 57.9 Å². The molecule has 5 rings (SSSR count). The molecule has 0 aliphatic carbocycles. The molecule has 4 nitrogen and oxygen atoms in total. The molecule has 1 aromatic heterocycles. The average Bonchev–Trinajstić information content (AvgIpc) is 3.09. The van der Waals surface area contributed by atoms with E-state index < -0.39 is 10.0 Å². The standard InChI is InChI=1S/C30H33ClN2O2S/c1-20-16-21(2)30(22(3)17-20)36(34,35)32-14-12-25(13-15-32)29-23(4)33(28-11-6-5-10-27(28)29)19-24-8-7-9-26(31)18-24/h5-11,16-18,25H,12-15,19H2,1-4H3. The van der Waals surface area contributed by atoms with Crippen LogP contribution in [0.15, 0.2) is 65.6 Å². The van der Waals surface area contributed by atoms with Crippen LogP contribution >= 0.6 is 11.6 Å². The van der Waals surface area contributed by atoms with Gasteiger partial charge in [0.2, 0.25) is 10.0 Å². The fourth-order valence-electron chi connectivity index (χ4n) is 6.08. The Bertz CT molecular complexity index is 1520. The normalized spacial score (nSPS) is 15.6. The van der Waals surface area contributed by atoms with E-state index in [9.17, 15) is 8.42 Å². The van der Waals surface area contributed by atoms with Crippen LogP contribution < -0.4 is 0 Å². The largest absolute Gasteiger partial charge is 0.340 e. The van der Waals surface area contributed by atoms with Gasteiger partial charge in [0.15, 0.2) is 0 Å². The summed E-state index contributed by atoms with van der Waals surface area (Å²) in [7, 11) is -3.52. The maximum absolute atomic E-state index is 13.6. The lowest BCUT2D eigenvalue weighted by atomic mass is 9.88. The van der Waals surface area contributed by atoms with E-state index >= 15 is 0 Å². The first kappa shape index (κ1) is 25.1. The Morgan fingerprint density at radius 1 is 0.889 bits per heavy atom. The van der Waals surface area contributed by atoms with E-state index in [1.807, 2.05) is 51.1 Å². The molecule has 188 valence electrons. The Labute approximate surface area is 219 Å². The van der Waals surface area contributed by atoms with Gasteiger partial charge in [0.25, 0.3) is 0 Å². The second kappa shape index (κ2) is 9.70. The lowest BCUT2D eigenvalue weighted by Gasteiger charge is -2.32. The number of aryl methyl sites for hydroxylation is 3. The second-order valence-corrected chi connectivity index (χ2v) is 12.4. The van der Waals surface area contributed by atoms with E-state index in [1.165, 1.54) is 27.7 Å². The Kier molecular flexibility index (Phi) is 6.75. The number of hydrogen-bond acceptors (Lipinski definition) is 2. The van der Waals surface area contributed by atoms with Crippen LogP contribution in [-0.4, -0.2) is 30.4 Å². The molecule has 6 heteroatoms. The van der Waals surface area contributed by atoms with Gasteiger partial charge in [0.1, 0.15) is 0 Å². The molecule has 0 atom stereocenters.